The van der Waals surface area contributed by atoms with Crippen molar-refractivity contribution >= 4 is 17.3 Å². The molecule has 0 saturated carbocycles. The lowest BCUT2D eigenvalue weighted by Crippen LogP contribution is -2.10. The largest absolute Gasteiger partial charge is 0.476 e. The average Bonchev–Trinajstić information content (AvgIpc) is 2.83. The Hall–Kier alpha value is -1.83. The van der Waals surface area contributed by atoms with Gasteiger partial charge in [0, 0.05) is 0 Å². The van der Waals surface area contributed by atoms with E-state index in [1.165, 1.54) is 11.3 Å². The summed E-state index contributed by atoms with van der Waals surface area (Å²) in [6.07, 6.45) is -2.61. The first-order chi connectivity index (χ1) is 8.09. The van der Waals surface area contributed by atoms with Crippen LogP contribution in [0.4, 0.5) is 8.78 Å². The molecular weight excluding hydrogens is 252 g/mol. The summed E-state index contributed by atoms with van der Waals surface area (Å²) in [5, 5.41) is 17.5. The average molecular weight is 259 g/mol. The van der Waals surface area contributed by atoms with Crippen LogP contribution in [0.2, 0.25) is 0 Å². The van der Waals surface area contributed by atoms with E-state index in [0.29, 0.717) is 4.88 Å². The number of aromatic carboxylic acids is 1. The third-order valence-electron chi connectivity index (χ3n) is 2.00. The zero-order chi connectivity index (χ0) is 12.4. The summed E-state index contributed by atoms with van der Waals surface area (Å²) < 4.78 is 25.6. The lowest BCUT2D eigenvalue weighted by Gasteiger charge is -2.04. The highest BCUT2D eigenvalue weighted by Crippen LogP contribution is 2.27. The maximum absolute atomic E-state index is 12.3. The van der Waals surface area contributed by atoms with E-state index in [9.17, 15) is 13.6 Å². The van der Waals surface area contributed by atoms with Gasteiger partial charge in [0.05, 0.1) is 4.88 Å². The Morgan fingerprint density at radius 2 is 2.35 bits per heavy atom. The molecule has 1 N–H and O–H groups in total. The fourth-order valence-electron chi connectivity index (χ4n) is 1.37. The summed E-state index contributed by atoms with van der Waals surface area (Å²) in [4.78, 5) is 11.5. The number of nitrogens with zero attached hydrogens (tertiary/aromatic N) is 3. The molecule has 90 valence electrons. The van der Waals surface area contributed by atoms with Crippen LogP contribution in [0.3, 0.4) is 0 Å². The van der Waals surface area contributed by atoms with Gasteiger partial charge in [-0.25, -0.2) is 18.3 Å². The summed E-state index contributed by atoms with van der Waals surface area (Å²) in [5.74, 6) is -1.28. The quantitative estimate of drug-likeness (QED) is 0.911. The molecule has 8 heteroatoms. The molecule has 0 fully saturated rings. The van der Waals surface area contributed by atoms with E-state index in [-0.39, 0.29) is 11.4 Å². The summed E-state index contributed by atoms with van der Waals surface area (Å²) in [6, 6.07) is 3.34. The number of rotatable bonds is 4. The predicted molar refractivity (Wildman–Crippen MR) is 56.3 cm³/mol. The smallest absolute Gasteiger partial charge is 0.358 e. The standard InChI is InChI=1S/C9H7F2N3O2S/c10-6(11)4-14-8(5-2-1-3-17-5)7(9(15)16)12-13-14/h1-3,6H,4H2,(H,15,16). The monoisotopic (exact) mass is 259 g/mol. The number of carboxylic acid groups (broad SMARTS) is 1. The molecule has 0 saturated heterocycles. The van der Waals surface area contributed by atoms with Crippen LogP contribution in [0.25, 0.3) is 10.6 Å². The molecule has 2 rings (SSSR count). The van der Waals surface area contributed by atoms with Crippen molar-refractivity contribution in [3.8, 4) is 10.6 Å². The second kappa shape index (κ2) is 4.58. The van der Waals surface area contributed by atoms with E-state index >= 15 is 0 Å². The topological polar surface area (TPSA) is 68.0 Å². The molecule has 0 aliphatic rings. The summed E-state index contributed by atoms with van der Waals surface area (Å²) in [6.45, 7) is -0.673. The van der Waals surface area contributed by atoms with Gasteiger partial charge in [-0.2, -0.15) is 0 Å². The zero-order valence-electron chi connectivity index (χ0n) is 8.38. The maximum Gasteiger partial charge on any atom is 0.358 e. The van der Waals surface area contributed by atoms with Gasteiger partial charge >= 0.3 is 5.97 Å². The van der Waals surface area contributed by atoms with Crippen LogP contribution in [0.15, 0.2) is 17.5 Å². The number of thiophene rings is 1. The van der Waals surface area contributed by atoms with Crippen molar-refractivity contribution in [1.29, 1.82) is 0 Å². The van der Waals surface area contributed by atoms with Gasteiger partial charge in [0.2, 0.25) is 0 Å². The van der Waals surface area contributed by atoms with Crippen molar-refractivity contribution < 1.29 is 18.7 Å². The number of hydrogen-bond donors (Lipinski definition) is 1. The third-order valence-corrected chi connectivity index (χ3v) is 2.88. The molecule has 2 aromatic heterocycles. The summed E-state index contributed by atoms with van der Waals surface area (Å²) in [7, 11) is 0. The first-order valence-electron chi connectivity index (χ1n) is 4.58. The number of carbonyl (C=O) groups is 1. The normalized spacial score (nSPS) is 11.0. The van der Waals surface area contributed by atoms with Crippen molar-refractivity contribution in [2.75, 3.05) is 0 Å². The van der Waals surface area contributed by atoms with Crippen LogP contribution < -0.4 is 0 Å². The Labute approximate surface area is 98.3 Å². The predicted octanol–water partition coefficient (Wildman–Crippen LogP) is 1.97. The molecule has 2 aromatic rings. The van der Waals surface area contributed by atoms with Crippen molar-refractivity contribution in [1.82, 2.24) is 15.0 Å². The van der Waals surface area contributed by atoms with Gasteiger partial charge in [0.1, 0.15) is 12.2 Å². The first kappa shape index (κ1) is 11.6. The molecule has 0 radical (unpaired) electrons. The van der Waals surface area contributed by atoms with Crippen LogP contribution in [-0.4, -0.2) is 32.5 Å². The lowest BCUT2D eigenvalue weighted by atomic mass is 10.2. The molecule has 17 heavy (non-hydrogen) atoms. The molecule has 0 unspecified atom stereocenters. The van der Waals surface area contributed by atoms with Crippen LogP contribution in [0.1, 0.15) is 10.5 Å². The third kappa shape index (κ3) is 2.31. The Bertz CT molecular complexity index is 524. The maximum atomic E-state index is 12.3. The van der Waals surface area contributed by atoms with Crippen LogP contribution in [0.5, 0.6) is 0 Å². The number of alkyl halides is 2. The molecule has 0 aromatic carbocycles. The number of aromatic nitrogens is 3. The van der Waals surface area contributed by atoms with E-state index in [4.69, 9.17) is 5.11 Å². The number of halogens is 2. The zero-order valence-corrected chi connectivity index (χ0v) is 9.19. The van der Waals surface area contributed by atoms with Gasteiger partial charge in [-0.1, -0.05) is 11.3 Å². The Balaban J connectivity index is 2.51. The van der Waals surface area contributed by atoms with Gasteiger partial charge in [0.15, 0.2) is 5.69 Å². The van der Waals surface area contributed by atoms with Gasteiger partial charge in [-0.05, 0) is 11.4 Å². The van der Waals surface area contributed by atoms with Gasteiger partial charge < -0.3 is 5.11 Å². The highest BCUT2D eigenvalue weighted by atomic mass is 32.1. The van der Waals surface area contributed by atoms with Gasteiger partial charge in [-0.3, -0.25) is 0 Å². The number of carboxylic acids is 1. The molecule has 0 aliphatic carbocycles. The van der Waals surface area contributed by atoms with Crippen molar-refractivity contribution in [3.63, 3.8) is 0 Å². The molecule has 0 bridgehead atoms. The van der Waals surface area contributed by atoms with E-state index in [1.54, 1.807) is 17.5 Å². The fraction of sp³-hybridized carbons (Fsp3) is 0.222. The second-order valence-electron chi connectivity index (χ2n) is 3.14. The molecule has 0 spiro atoms. The minimum Gasteiger partial charge on any atom is -0.476 e. The molecular formula is C9H7F2N3O2S. The molecule has 0 amide bonds. The van der Waals surface area contributed by atoms with Crippen molar-refractivity contribution in [2.24, 2.45) is 0 Å². The molecule has 5 nitrogen and oxygen atoms in total. The van der Waals surface area contributed by atoms with E-state index in [1.807, 2.05) is 0 Å². The lowest BCUT2D eigenvalue weighted by molar-refractivity contribution is 0.0691. The van der Waals surface area contributed by atoms with E-state index < -0.39 is 18.9 Å². The second-order valence-corrected chi connectivity index (χ2v) is 4.09. The molecule has 2 heterocycles. The molecule has 0 atom stereocenters. The van der Waals surface area contributed by atoms with Crippen molar-refractivity contribution in [3.05, 3.63) is 23.2 Å². The van der Waals surface area contributed by atoms with Gasteiger partial charge in [-0.15, -0.1) is 16.4 Å². The van der Waals surface area contributed by atoms with E-state index in [0.717, 1.165) is 4.68 Å². The van der Waals surface area contributed by atoms with Gasteiger partial charge in [0.25, 0.3) is 6.43 Å². The Kier molecular flexibility index (Phi) is 3.14. The van der Waals surface area contributed by atoms with Crippen molar-refractivity contribution in [2.45, 2.75) is 13.0 Å². The van der Waals surface area contributed by atoms with Crippen LogP contribution in [0, 0.1) is 0 Å². The van der Waals surface area contributed by atoms with Crippen LogP contribution >= 0.6 is 11.3 Å². The highest BCUT2D eigenvalue weighted by Gasteiger charge is 2.22. The summed E-state index contributed by atoms with van der Waals surface area (Å²) in [5.41, 5.74) is -0.194. The Morgan fingerprint density at radius 3 is 2.88 bits per heavy atom. The minimum absolute atomic E-state index is 0.118. The van der Waals surface area contributed by atoms with Crippen LogP contribution in [-0.2, 0) is 6.54 Å². The number of hydrogen-bond acceptors (Lipinski definition) is 4. The minimum atomic E-state index is -2.61. The fourth-order valence-corrected chi connectivity index (χ4v) is 2.15. The summed E-state index contributed by atoms with van der Waals surface area (Å²) >= 11 is 1.24. The molecule has 0 aliphatic heterocycles. The Morgan fingerprint density at radius 1 is 1.59 bits per heavy atom. The SMILES string of the molecule is O=C(O)c1nnn(CC(F)F)c1-c1cccs1. The highest BCUT2D eigenvalue weighted by molar-refractivity contribution is 7.13. The first-order valence-corrected chi connectivity index (χ1v) is 5.46. The van der Waals surface area contributed by atoms with E-state index in [2.05, 4.69) is 10.3 Å².